The van der Waals surface area contributed by atoms with E-state index >= 15 is 0 Å². The summed E-state index contributed by atoms with van der Waals surface area (Å²) in [6, 6.07) is 2.20. The van der Waals surface area contributed by atoms with Gasteiger partial charge < -0.3 is 9.47 Å². The summed E-state index contributed by atoms with van der Waals surface area (Å²) < 4.78 is 11.3. The lowest BCUT2D eigenvalue weighted by atomic mass is 9.88. The smallest absolute Gasteiger partial charge is 0.309 e. The van der Waals surface area contributed by atoms with E-state index < -0.39 is 0 Å². The van der Waals surface area contributed by atoms with Crippen LogP contribution < -0.4 is 0 Å². The summed E-state index contributed by atoms with van der Waals surface area (Å²) in [6.45, 7) is 2.50. The second-order valence-corrected chi connectivity index (χ2v) is 5.56. The van der Waals surface area contributed by atoms with E-state index in [1.807, 2.05) is 6.92 Å². The van der Waals surface area contributed by atoms with Crippen molar-refractivity contribution in [3.8, 4) is 6.07 Å². The molecule has 0 aromatic rings. The van der Waals surface area contributed by atoms with Crippen molar-refractivity contribution in [3.63, 3.8) is 0 Å². The van der Waals surface area contributed by atoms with Gasteiger partial charge in [-0.3, -0.25) is 4.79 Å². The molecular formula is C13H17NO3. The Balaban J connectivity index is 1.56. The summed E-state index contributed by atoms with van der Waals surface area (Å²) in [6.07, 6.45) is 2.88. The van der Waals surface area contributed by atoms with Crippen LogP contribution in [0.3, 0.4) is 0 Å². The summed E-state index contributed by atoms with van der Waals surface area (Å²) in [5.41, 5.74) is 0. The maximum absolute atomic E-state index is 11.5. The Morgan fingerprint density at radius 1 is 1.59 bits per heavy atom. The summed E-state index contributed by atoms with van der Waals surface area (Å²) >= 11 is 0. The Bertz CT molecular complexity index is 375. The van der Waals surface area contributed by atoms with Crippen molar-refractivity contribution < 1.29 is 14.3 Å². The Morgan fingerprint density at radius 2 is 2.41 bits per heavy atom. The molecule has 1 aliphatic heterocycles. The molecule has 3 aliphatic rings. The van der Waals surface area contributed by atoms with Crippen LogP contribution in [0.2, 0.25) is 0 Å². The second kappa shape index (κ2) is 3.99. The number of carbonyl (C=O) groups is 1. The third-order valence-electron chi connectivity index (χ3n) is 4.50. The number of nitriles is 1. The molecule has 0 amide bonds. The summed E-state index contributed by atoms with van der Waals surface area (Å²) in [5.74, 6) is 1.08. The first-order valence-corrected chi connectivity index (χ1v) is 6.42. The van der Waals surface area contributed by atoms with E-state index in [0.29, 0.717) is 18.4 Å². The molecule has 0 aromatic heterocycles. The van der Waals surface area contributed by atoms with Crippen LogP contribution in [-0.2, 0) is 14.3 Å². The highest BCUT2D eigenvalue weighted by Gasteiger charge is 2.62. The van der Waals surface area contributed by atoms with Crippen molar-refractivity contribution in [1.29, 1.82) is 5.26 Å². The lowest BCUT2D eigenvalue weighted by Gasteiger charge is -2.25. The maximum Gasteiger partial charge on any atom is 0.309 e. The molecule has 0 spiro atoms. The average Bonchev–Trinajstić information content (AvgIpc) is 2.92. The molecule has 92 valence electrons. The molecule has 3 fully saturated rings. The van der Waals surface area contributed by atoms with Crippen LogP contribution in [-0.4, -0.2) is 24.8 Å². The highest BCUT2D eigenvalue weighted by atomic mass is 16.6. The minimum atomic E-state index is -0.0148. The van der Waals surface area contributed by atoms with E-state index in [0.717, 1.165) is 19.3 Å². The number of hydrogen-bond donors (Lipinski definition) is 0. The highest BCUT2D eigenvalue weighted by Crippen LogP contribution is 2.55. The fraction of sp³-hybridized carbons (Fsp3) is 0.846. The lowest BCUT2D eigenvalue weighted by molar-refractivity contribution is -0.147. The van der Waals surface area contributed by atoms with Gasteiger partial charge in [-0.1, -0.05) is 0 Å². The molecule has 1 heterocycles. The molecule has 0 N–H and O–H groups in total. The van der Waals surface area contributed by atoms with Crippen LogP contribution in [0.5, 0.6) is 0 Å². The van der Waals surface area contributed by atoms with Crippen LogP contribution in [0.1, 0.15) is 26.2 Å². The number of esters is 1. The lowest BCUT2D eigenvalue weighted by Crippen LogP contribution is -2.34. The van der Waals surface area contributed by atoms with Gasteiger partial charge in [-0.05, 0) is 32.1 Å². The fourth-order valence-corrected chi connectivity index (χ4v) is 3.58. The van der Waals surface area contributed by atoms with Crippen LogP contribution >= 0.6 is 0 Å². The van der Waals surface area contributed by atoms with Gasteiger partial charge >= 0.3 is 5.97 Å². The van der Waals surface area contributed by atoms with Crippen LogP contribution in [0.4, 0.5) is 0 Å². The van der Waals surface area contributed by atoms with Crippen molar-refractivity contribution in [2.24, 2.45) is 23.7 Å². The average molecular weight is 235 g/mol. The number of carbonyl (C=O) groups excluding carboxylic acids is 1. The molecule has 2 saturated carbocycles. The molecule has 4 heteroatoms. The standard InChI is InChI=1S/C13H17NO3/c1-7(6-14)2-3-16-11-8-4-9-10(5-8)13(15)17-12(9)11/h7-12H,2-5H2,1H3. The maximum atomic E-state index is 11.5. The molecule has 2 aliphatic carbocycles. The Morgan fingerprint density at radius 3 is 3.18 bits per heavy atom. The van der Waals surface area contributed by atoms with Gasteiger partial charge in [0.15, 0.2) is 0 Å². The normalized spacial score (nSPS) is 43.5. The van der Waals surface area contributed by atoms with Crippen molar-refractivity contribution in [2.75, 3.05) is 6.61 Å². The number of nitrogens with zero attached hydrogens (tertiary/aromatic N) is 1. The van der Waals surface area contributed by atoms with E-state index in [2.05, 4.69) is 6.07 Å². The summed E-state index contributed by atoms with van der Waals surface area (Å²) in [5, 5.41) is 8.70. The SMILES string of the molecule is CC(C#N)CCOC1C2CC3C(=O)OC1C3C2. The zero-order valence-electron chi connectivity index (χ0n) is 9.96. The summed E-state index contributed by atoms with van der Waals surface area (Å²) in [4.78, 5) is 11.5. The van der Waals surface area contributed by atoms with Gasteiger partial charge in [-0.25, -0.2) is 0 Å². The zero-order valence-corrected chi connectivity index (χ0v) is 9.96. The monoisotopic (exact) mass is 235 g/mol. The topological polar surface area (TPSA) is 59.3 Å². The van der Waals surface area contributed by atoms with Gasteiger partial charge in [0.2, 0.25) is 0 Å². The minimum Gasteiger partial charge on any atom is -0.459 e. The molecule has 3 rings (SSSR count). The first-order valence-electron chi connectivity index (χ1n) is 6.42. The van der Waals surface area contributed by atoms with Crippen molar-refractivity contribution >= 4 is 5.97 Å². The van der Waals surface area contributed by atoms with E-state index in [-0.39, 0.29) is 30.0 Å². The Hall–Kier alpha value is -1.08. The Labute approximate surface area is 101 Å². The molecule has 4 nitrogen and oxygen atoms in total. The van der Waals surface area contributed by atoms with Gasteiger partial charge in [-0.15, -0.1) is 0 Å². The number of rotatable bonds is 4. The van der Waals surface area contributed by atoms with E-state index in [1.54, 1.807) is 0 Å². The van der Waals surface area contributed by atoms with Gasteiger partial charge in [0.25, 0.3) is 0 Å². The van der Waals surface area contributed by atoms with Crippen molar-refractivity contribution in [1.82, 2.24) is 0 Å². The quantitative estimate of drug-likeness (QED) is 0.693. The molecule has 6 unspecified atom stereocenters. The van der Waals surface area contributed by atoms with E-state index in [9.17, 15) is 4.79 Å². The van der Waals surface area contributed by atoms with E-state index in [1.165, 1.54) is 0 Å². The van der Waals surface area contributed by atoms with Gasteiger partial charge in [0.1, 0.15) is 6.10 Å². The predicted octanol–water partition coefficient (Wildman–Crippen LogP) is 1.50. The molecule has 2 bridgehead atoms. The Kier molecular flexibility index (Phi) is 2.59. The van der Waals surface area contributed by atoms with Crippen LogP contribution in [0.15, 0.2) is 0 Å². The van der Waals surface area contributed by atoms with Crippen molar-refractivity contribution in [3.05, 3.63) is 0 Å². The highest BCUT2D eigenvalue weighted by molar-refractivity contribution is 5.76. The van der Waals surface area contributed by atoms with E-state index in [4.69, 9.17) is 14.7 Å². The summed E-state index contributed by atoms with van der Waals surface area (Å²) in [7, 11) is 0. The second-order valence-electron chi connectivity index (χ2n) is 5.56. The predicted molar refractivity (Wildman–Crippen MR) is 58.7 cm³/mol. The third kappa shape index (κ3) is 1.64. The number of fused-ring (bicyclic) bond motifs is 1. The molecular weight excluding hydrogens is 218 g/mol. The molecule has 6 atom stereocenters. The van der Waals surface area contributed by atoms with Gasteiger partial charge in [0.05, 0.1) is 18.1 Å². The largest absolute Gasteiger partial charge is 0.459 e. The molecule has 0 radical (unpaired) electrons. The first kappa shape index (κ1) is 11.0. The third-order valence-corrected chi connectivity index (χ3v) is 4.50. The number of hydrogen-bond acceptors (Lipinski definition) is 4. The zero-order chi connectivity index (χ0) is 12.0. The van der Waals surface area contributed by atoms with Crippen LogP contribution in [0, 0.1) is 35.0 Å². The minimum absolute atomic E-state index is 0.00337. The van der Waals surface area contributed by atoms with Crippen LogP contribution in [0.25, 0.3) is 0 Å². The van der Waals surface area contributed by atoms with Gasteiger partial charge in [-0.2, -0.15) is 5.26 Å². The van der Waals surface area contributed by atoms with Crippen molar-refractivity contribution in [2.45, 2.75) is 38.4 Å². The molecule has 0 aromatic carbocycles. The fourth-order valence-electron chi connectivity index (χ4n) is 3.58. The first-order chi connectivity index (χ1) is 8.20. The van der Waals surface area contributed by atoms with Gasteiger partial charge in [0, 0.05) is 18.4 Å². The number of ether oxygens (including phenoxy) is 2. The molecule has 1 saturated heterocycles. The molecule has 17 heavy (non-hydrogen) atoms.